The Hall–Kier alpha value is -6.47. The van der Waals surface area contributed by atoms with Crippen molar-refractivity contribution in [1.82, 2.24) is 15.3 Å². The number of aliphatic imine (C=N–C) groups is 1. The van der Waals surface area contributed by atoms with Gasteiger partial charge in [0.05, 0.1) is 32.2 Å². The van der Waals surface area contributed by atoms with Crippen LogP contribution in [0, 0.1) is 5.92 Å². The van der Waals surface area contributed by atoms with Crippen molar-refractivity contribution in [2.75, 3.05) is 0 Å². The number of nitrogens with zero attached hydrogens (tertiary/aromatic N) is 3. The first kappa shape index (κ1) is 32.9. The number of hydrogen-bond acceptors (Lipinski definition) is 6. The quantitative estimate of drug-likeness (QED) is 0.184. The van der Waals surface area contributed by atoms with E-state index in [9.17, 15) is 0 Å². The van der Waals surface area contributed by atoms with Crippen molar-refractivity contribution in [3.05, 3.63) is 209 Å². The normalized spacial score (nSPS) is 18.5. The molecule has 0 radical (unpaired) electrons. The van der Waals surface area contributed by atoms with E-state index in [1.807, 2.05) is 12.1 Å². The van der Waals surface area contributed by atoms with Crippen LogP contribution in [-0.2, 0) is 0 Å². The summed E-state index contributed by atoms with van der Waals surface area (Å²) in [7, 11) is 0. The molecule has 3 unspecified atom stereocenters. The standard InChI is InChI=1S/C50H34N4S2/c1-2-10-38-37(9-1)29-41(40-12-4-3-11-39(38)40)31-17-23-34(24-18-31)48-51-44(32-19-25-35(26-20-32)49-53-42-13-5-7-15-46(42)55-49)30-45(52-48)33-21-27-36(28-22-33)50-54-43-14-6-8-16-47(43)56-50/h1-30,39-40,44H,(H,51,52). The average Bonchev–Trinajstić information content (AvgIpc) is 3.92. The zero-order chi connectivity index (χ0) is 37.0. The predicted octanol–water partition coefficient (Wildman–Crippen LogP) is 12.8. The van der Waals surface area contributed by atoms with Gasteiger partial charge < -0.3 is 5.32 Å². The van der Waals surface area contributed by atoms with Crippen LogP contribution in [0.25, 0.3) is 58.9 Å². The lowest BCUT2D eigenvalue weighted by molar-refractivity contribution is 0.709. The maximum absolute atomic E-state index is 5.27. The van der Waals surface area contributed by atoms with E-state index in [0.29, 0.717) is 11.8 Å². The van der Waals surface area contributed by atoms with E-state index in [0.717, 1.165) is 60.4 Å². The van der Waals surface area contributed by atoms with Crippen molar-refractivity contribution in [3.63, 3.8) is 0 Å². The summed E-state index contributed by atoms with van der Waals surface area (Å²) in [5.41, 5.74) is 13.8. The molecule has 0 saturated carbocycles. The molecule has 8 aromatic rings. The van der Waals surface area contributed by atoms with Crippen LogP contribution in [0.3, 0.4) is 0 Å². The van der Waals surface area contributed by atoms with Crippen LogP contribution in [0.4, 0.5) is 0 Å². The lowest BCUT2D eigenvalue weighted by Crippen LogP contribution is -2.31. The zero-order valence-corrected chi connectivity index (χ0v) is 31.8. The van der Waals surface area contributed by atoms with Gasteiger partial charge in [0.25, 0.3) is 0 Å². The summed E-state index contributed by atoms with van der Waals surface area (Å²) in [6.07, 6.45) is 13.7. The summed E-state index contributed by atoms with van der Waals surface area (Å²) in [5.74, 6) is 1.50. The number of para-hydroxylation sites is 2. The van der Waals surface area contributed by atoms with Crippen molar-refractivity contribution in [3.8, 4) is 21.1 Å². The Balaban J connectivity index is 0.937. The van der Waals surface area contributed by atoms with E-state index < -0.39 is 0 Å². The second-order valence-electron chi connectivity index (χ2n) is 14.4. The number of aromatic nitrogens is 2. The van der Waals surface area contributed by atoms with Gasteiger partial charge in [-0.2, -0.15) is 0 Å². The van der Waals surface area contributed by atoms with Gasteiger partial charge in [-0.3, -0.25) is 0 Å². The molecule has 2 aliphatic carbocycles. The third-order valence-electron chi connectivity index (χ3n) is 11.0. The first-order valence-electron chi connectivity index (χ1n) is 19.0. The molecule has 6 heteroatoms. The van der Waals surface area contributed by atoms with Crippen molar-refractivity contribution >= 4 is 66.3 Å². The zero-order valence-electron chi connectivity index (χ0n) is 30.2. The van der Waals surface area contributed by atoms with Crippen LogP contribution in [0.15, 0.2) is 181 Å². The van der Waals surface area contributed by atoms with Gasteiger partial charge in [-0.05, 0) is 63.7 Å². The Bertz CT molecular complexity index is 2880. The van der Waals surface area contributed by atoms with Crippen molar-refractivity contribution in [1.29, 1.82) is 0 Å². The number of rotatable bonds is 6. The topological polar surface area (TPSA) is 50.2 Å². The van der Waals surface area contributed by atoms with Crippen LogP contribution in [0.2, 0.25) is 0 Å². The number of thiazole rings is 2. The number of allylic oxidation sites excluding steroid dienone is 5. The van der Waals surface area contributed by atoms with Crippen LogP contribution >= 0.6 is 22.7 Å². The minimum absolute atomic E-state index is 0.0805. The van der Waals surface area contributed by atoms with Gasteiger partial charge in [0.1, 0.15) is 15.9 Å². The largest absolute Gasteiger partial charge is 0.359 e. The molecule has 4 nitrogen and oxygen atoms in total. The second kappa shape index (κ2) is 13.7. The van der Waals surface area contributed by atoms with Gasteiger partial charge in [0, 0.05) is 28.5 Å². The van der Waals surface area contributed by atoms with E-state index in [-0.39, 0.29) is 6.04 Å². The molecule has 3 atom stereocenters. The van der Waals surface area contributed by atoms with E-state index in [1.165, 1.54) is 31.7 Å². The monoisotopic (exact) mass is 754 g/mol. The van der Waals surface area contributed by atoms with Crippen molar-refractivity contribution in [2.24, 2.45) is 10.9 Å². The smallest absolute Gasteiger partial charge is 0.134 e. The number of hydrogen-bond donors (Lipinski definition) is 1. The van der Waals surface area contributed by atoms with Crippen LogP contribution < -0.4 is 5.32 Å². The van der Waals surface area contributed by atoms with Crippen LogP contribution in [0.1, 0.15) is 45.3 Å². The molecule has 56 heavy (non-hydrogen) atoms. The highest BCUT2D eigenvalue weighted by Crippen LogP contribution is 2.46. The van der Waals surface area contributed by atoms with Crippen molar-refractivity contribution in [2.45, 2.75) is 12.0 Å². The molecular formula is C50H34N4S2. The molecule has 0 bridgehead atoms. The fourth-order valence-electron chi connectivity index (χ4n) is 8.14. The molecule has 2 aromatic heterocycles. The average molecular weight is 755 g/mol. The van der Waals surface area contributed by atoms with Gasteiger partial charge in [-0.1, -0.05) is 152 Å². The summed E-state index contributed by atoms with van der Waals surface area (Å²) in [4.78, 5) is 15.1. The van der Waals surface area contributed by atoms with Gasteiger partial charge in [-0.15, -0.1) is 22.7 Å². The van der Waals surface area contributed by atoms with Gasteiger partial charge in [-0.25, -0.2) is 15.0 Å². The molecule has 3 aliphatic rings. The predicted molar refractivity (Wildman–Crippen MR) is 236 cm³/mol. The fourth-order valence-corrected chi connectivity index (χ4v) is 10.1. The third-order valence-corrected chi connectivity index (χ3v) is 13.2. The number of benzene rings is 6. The minimum atomic E-state index is -0.0805. The van der Waals surface area contributed by atoms with Crippen molar-refractivity contribution < 1.29 is 0 Å². The molecule has 1 N–H and O–H groups in total. The molecule has 1 aliphatic heterocycles. The molecule has 0 saturated heterocycles. The Kier molecular flexibility index (Phi) is 8.04. The first-order valence-corrected chi connectivity index (χ1v) is 20.6. The summed E-state index contributed by atoms with van der Waals surface area (Å²) < 4.78 is 2.40. The van der Waals surface area contributed by atoms with Gasteiger partial charge in [0.2, 0.25) is 0 Å². The summed E-state index contributed by atoms with van der Waals surface area (Å²) in [6, 6.07) is 51.8. The fraction of sp³-hybridized carbons (Fsp3) is 0.0600. The number of fused-ring (bicyclic) bond motifs is 5. The van der Waals surface area contributed by atoms with E-state index in [4.69, 9.17) is 15.0 Å². The summed E-state index contributed by atoms with van der Waals surface area (Å²) >= 11 is 3.45. The van der Waals surface area contributed by atoms with E-state index in [1.54, 1.807) is 22.7 Å². The second-order valence-corrected chi connectivity index (χ2v) is 16.5. The van der Waals surface area contributed by atoms with E-state index in [2.05, 4.69) is 175 Å². The van der Waals surface area contributed by atoms with E-state index >= 15 is 0 Å². The highest BCUT2D eigenvalue weighted by molar-refractivity contribution is 7.22. The Labute approximate surface area is 333 Å². The van der Waals surface area contributed by atoms with Gasteiger partial charge >= 0.3 is 0 Å². The van der Waals surface area contributed by atoms with Gasteiger partial charge in [0.15, 0.2) is 0 Å². The third kappa shape index (κ3) is 5.95. The maximum Gasteiger partial charge on any atom is 0.134 e. The number of amidine groups is 1. The molecular weight excluding hydrogens is 721 g/mol. The highest BCUT2D eigenvalue weighted by Gasteiger charge is 2.30. The first-order chi connectivity index (χ1) is 27.7. The molecule has 0 amide bonds. The van der Waals surface area contributed by atoms with Crippen LogP contribution in [-0.4, -0.2) is 15.8 Å². The Morgan fingerprint density at radius 3 is 1.73 bits per heavy atom. The lowest BCUT2D eigenvalue weighted by atomic mass is 9.71. The Morgan fingerprint density at radius 1 is 0.500 bits per heavy atom. The Morgan fingerprint density at radius 2 is 1.05 bits per heavy atom. The molecule has 11 rings (SSSR count). The minimum Gasteiger partial charge on any atom is -0.359 e. The summed E-state index contributed by atoms with van der Waals surface area (Å²) in [6.45, 7) is 0. The highest BCUT2D eigenvalue weighted by atomic mass is 32.1. The molecule has 6 aromatic carbocycles. The lowest BCUT2D eigenvalue weighted by Gasteiger charge is -2.32. The molecule has 0 fully saturated rings. The number of nitrogens with one attached hydrogen (secondary N) is 1. The van der Waals surface area contributed by atoms with Crippen LogP contribution in [0.5, 0.6) is 0 Å². The summed E-state index contributed by atoms with van der Waals surface area (Å²) in [5, 5.41) is 5.85. The SMILES string of the molecule is C1=CC2C(c3ccc(C4=NC(c5ccc(-c6nc7ccccc7s6)cc5)=CC(c5ccc(-c6nc7ccccc7s6)cc5)N4)cc3)=Cc3ccccc3C2C=C1. The molecule has 266 valence electrons. The molecule has 0 spiro atoms. The maximum atomic E-state index is 5.27. The molecule has 3 heterocycles.